The van der Waals surface area contributed by atoms with Gasteiger partial charge in [-0.2, -0.15) is 0 Å². The number of hydrogen-bond donors (Lipinski definition) is 1. The molecule has 0 aliphatic carbocycles. The monoisotopic (exact) mass is 272 g/mol. The molecule has 0 aliphatic rings. The van der Waals surface area contributed by atoms with E-state index in [0.29, 0.717) is 22.0 Å². The fourth-order valence-corrected chi connectivity index (χ4v) is 1.51. The van der Waals surface area contributed by atoms with Gasteiger partial charge >= 0.3 is 5.97 Å². The second kappa shape index (κ2) is 5.07. The lowest BCUT2D eigenvalue weighted by molar-refractivity contribution is -0.132. The zero-order valence-electron chi connectivity index (χ0n) is 8.13. The Bertz CT molecular complexity index is 413. The van der Waals surface area contributed by atoms with Crippen molar-refractivity contribution in [3.8, 4) is 0 Å². The Morgan fingerprint density at radius 3 is 2.73 bits per heavy atom. The van der Waals surface area contributed by atoms with Crippen LogP contribution in [0.25, 0.3) is 6.08 Å². The second-order valence-electron chi connectivity index (χ2n) is 3.00. The van der Waals surface area contributed by atoms with Gasteiger partial charge in [-0.15, -0.1) is 0 Å². The lowest BCUT2D eigenvalue weighted by Gasteiger charge is -2.00. The van der Waals surface area contributed by atoms with Gasteiger partial charge in [-0.1, -0.05) is 13.0 Å². The highest BCUT2D eigenvalue weighted by Gasteiger charge is 2.05. The molecule has 0 fully saturated rings. The summed E-state index contributed by atoms with van der Waals surface area (Å²) < 4.78 is 13.2. The Morgan fingerprint density at radius 2 is 2.27 bits per heavy atom. The summed E-state index contributed by atoms with van der Waals surface area (Å²) in [7, 11) is 0. The van der Waals surface area contributed by atoms with E-state index in [-0.39, 0.29) is 5.82 Å². The number of carboxylic acid groups (broad SMARTS) is 1. The molecular formula is C11H10BrFO2. The standard InChI is InChI=1S/C11H10BrFO2/c1-2-8(11(14)15)5-7-3-4-10(13)9(12)6-7/h3-6H,2H2,1H3,(H,14,15)/b8-5-. The van der Waals surface area contributed by atoms with Crippen molar-refractivity contribution in [1.29, 1.82) is 0 Å². The molecule has 4 heteroatoms. The van der Waals surface area contributed by atoms with Gasteiger partial charge < -0.3 is 5.11 Å². The van der Waals surface area contributed by atoms with Crippen LogP contribution in [0.3, 0.4) is 0 Å². The van der Waals surface area contributed by atoms with Crippen LogP contribution in [0.2, 0.25) is 0 Å². The van der Waals surface area contributed by atoms with E-state index < -0.39 is 5.97 Å². The molecule has 0 heterocycles. The zero-order chi connectivity index (χ0) is 11.4. The summed E-state index contributed by atoms with van der Waals surface area (Å²) in [5.74, 6) is -1.31. The number of rotatable bonds is 3. The van der Waals surface area contributed by atoms with Crippen molar-refractivity contribution in [3.05, 3.63) is 39.6 Å². The van der Waals surface area contributed by atoms with Crippen molar-refractivity contribution in [2.75, 3.05) is 0 Å². The number of hydrogen-bond acceptors (Lipinski definition) is 1. The number of halogens is 2. The topological polar surface area (TPSA) is 37.3 Å². The van der Waals surface area contributed by atoms with E-state index >= 15 is 0 Å². The van der Waals surface area contributed by atoms with Gasteiger partial charge in [-0.05, 0) is 46.1 Å². The number of carbonyl (C=O) groups is 1. The highest BCUT2D eigenvalue weighted by atomic mass is 79.9. The summed E-state index contributed by atoms with van der Waals surface area (Å²) in [6, 6.07) is 4.39. The van der Waals surface area contributed by atoms with Crippen molar-refractivity contribution >= 4 is 28.0 Å². The van der Waals surface area contributed by atoms with Crippen LogP contribution in [0.15, 0.2) is 28.2 Å². The molecule has 80 valence electrons. The lowest BCUT2D eigenvalue weighted by atomic mass is 10.1. The summed E-state index contributed by atoms with van der Waals surface area (Å²) >= 11 is 3.04. The van der Waals surface area contributed by atoms with E-state index in [2.05, 4.69) is 15.9 Å². The molecule has 0 amide bonds. The van der Waals surface area contributed by atoms with Crippen LogP contribution < -0.4 is 0 Å². The van der Waals surface area contributed by atoms with Gasteiger partial charge in [-0.25, -0.2) is 9.18 Å². The Balaban J connectivity index is 3.07. The van der Waals surface area contributed by atoms with Crippen LogP contribution in [0, 0.1) is 5.82 Å². The van der Waals surface area contributed by atoms with E-state index in [1.165, 1.54) is 12.1 Å². The van der Waals surface area contributed by atoms with Crippen LogP contribution in [0.4, 0.5) is 4.39 Å². The predicted molar refractivity (Wildman–Crippen MR) is 60.0 cm³/mol. The maximum atomic E-state index is 12.9. The summed E-state index contributed by atoms with van der Waals surface area (Å²) in [6.45, 7) is 1.76. The van der Waals surface area contributed by atoms with Gasteiger partial charge in [0, 0.05) is 5.57 Å². The maximum Gasteiger partial charge on any atom is 0.331 e. The van der Waals surface area contributed by atoms with Crippen molar-refractivity contribution in [1.82, 2.24) is 0 Å². The molecule has 15 heavy (non-hydrogen) atoms. The minimum absolute atomic E-state index is 0.300. The smallest absolute Gasteiger partial charge is 0.331 e. The molecule has 1 aromatic carbocycles. The molecule has 0 bridgehead atoms. The third-order valence-electron chi connectivity index (χ3n) is 1.94. The predicted octanol–water partition coefficient (Wildman–Crippen LogP) is 3.47. The van der Waals surface area contributed by atoms with Gasteiger partial charge in [0.15, 0.2) is 0 Å². The molecule has 0 radical (unpaired) electrons. The van der Waals surface area contributed by atoms with E-state index in [0.717, 1.165) is 0 Å². The quantitative estimate of drug-likeness (QED) is 0.856. The highest BCUT2D eigenvalue weighted by molar-refractivity contribution is 9.10. The van der Waals surface area contributed by atoms with E-state index in [4.69, 9.17) is 5.11 Å². The van der Waals surface area contributed by atoms with Crippen LogP contribution >= 0.6 is 15.9 Å². The molecule has 0 unspecified atom stereocenters. The number of aliphatic carboxylic acids is 1. The Kier molecular flexibility index (Phi) is 4.03. The van der Waals surface area contributed by atoms with Crippen LogP contribution in [0.5, 0.6) is 0 Å². The van der Waals surface area contributed by atoms with Crippen LogP contribution in [-0.2, 0) is 4.79 Å². The number of carboxylic acids is 1. The molecule has 0 aliphatic heterocycles. The Morgan fingerprint density at radius 1 is 1.60 bits per heavy atom. The molecule has 2 nitrogen and oxygen atoms in total. The molecular weight excluding hydrogens is 263 g/mol. The third-order valence-corrected chi connectivity index (χ3v) is 2.55. The number of benzene rings is 1. The Labute approximate surface area is 95.6 Å². The van der Waals surface area contributed by atoms with Crippen molar-refractivity contribution in [2.45, 2.75) is 13.3 Å². The first-order valence-corrected chi connectivity index (χ1v) is 5.22. The lowest BCUT2D eigenvalue weighted by Crippen LogP contribution is -1.98. The first kappa shape index (κ1) is 11.9. The summed E-state index contributed by atoms with van der Waals surface area (Å²) in [6.07, 6.45) is 1.97. The van der Waals surface area contributed by atoms with Gasteiger partial charge in [0.2, 0.25) is 0 Å². The summed E-state index contributed by atoms with van der Waals surface area (Å²) in [5.41, 5.74) is 0.969. The fraction of sp³-hybridized carbons (Fsp3) is 0.182. The molecule has 1 rings (SSSR count). The van der Waals surface area contributed by atoms with Gasteiger partial charge in [0.1, 0.15) is 5.82 Å². The highest BCUT2D eigenvalue weighted by Crippen LogP contribution is 2.19. The van der Waals surface area contributed by atoms with Gasteiger partial charge in [-0.3, -0.25) is 0 Å². The minimum Gasteiger partial charge on any atom is -0.478 e. The average Bonchev–Trinajstić information content (AvgIpc) is 2.19. The fourth-order valence-electron chi connectivity index (χ4n) is 1.12. The molecule has 1 aromatic rings. The van der Waals surface area contributed by atoms with Crippen molar-refractivity contribution in [3.63, 3.8) is 0 Å². The molecule has 0 saturated heterocycles. The van der Waals surface area contributed by atoms with Gasteiger partial charge in [0.05, 0.1) is 4.47 Å². The first-order valence-electron chi connectivity index (χ1n) is 4.43. The van der Waals surface area contributed by atoms with E-state index in [1.807, 2.05) is 0 Å². The Hall–Kier alpha value is -1.16. The molecule has 0 saturated carbocycles. The molecule has 1 N–H and O–H groups in total. The molecule has 0 spiro atoms. The van der Waals surface area contributed by atoms with Crippen molar-refractivity contribution in [2.24, 2.45) is 0 Å². The SMILES string of the molecule is CC/C(=C/c1ccc(F)c(Br)c1)C(=O)O. The van der Waals surface area contributed by atoms with E-state index in [1.54, 1.807) is 19.1 Å². The van der Waals surface area contributed by atoms with Crippen LogP contribution in [-0.4, -0.2) is 11.1 Å². The normalized spacial score (nSPS) is 11.5. The van der Waals surface area contributed by atoms with Crippen molar-refractivity contribution < 1.29 is 14.3 Å². The molecule has 0 aromatic heterocycles. The summed E-state index contributed by atoms with van der Waals surface area (Å²) in [4.78, 5) is 10.7. The van der Waals surface area contributed by atoms with Crippen LogP contribution in [0.1, 0.15) is 18.9 Å². The molecule has 0 atom stereocenters. The third kappa shape index (κ3) is 3.16. The first-order chi connectivity index (χ1) is 7.04. The minimum atomic E-state index is -0.946. The van der Waals surface area contributed by atoms with E-state index in [9.17, 15) is 9.18 Å². The zero-order valence-corrected chi connectivity index (χ0v) is 9.71. The summed E-state index contributed by atoms with van der Waals surface area (Å²) in [5, 5.41) is 8.80. The largest absolute Gasteiger partial charge is 0.478 e. The second-order valence-corrected chi connectivity index (χ2v) is 3.86. The average molecular weight is 273 g/mol. The maximum absolute atomic E-state index is 12.9. The van der Waals surface area contributed by atoms with Gasteiger partial charge in [0.25, 0.3) is 0 Å².